The number of ether oxygens (including phenoxy) is 1. The smallest absolute Gasteiger partial charge is 0.387 e. The number of hydrogen-bond donors (Lipinski definition) is 1. The SMILES string of the molecule is O=C(O)c1c(CBr)cc(Cl)cc1OC(F)F. The van der Waals surface area contributed by atoms with E-state index in [0.717, 1.165) is 6.07 Å². The minimum absolute atomic E-state index is 0.134. The van der Waals surface area contributed by atoms with Gasteiger partial charge in [-0.2, -0.15) is 8.78 Å². The van der Waals surface area contributed by atoms with Gasteiger partial charge in [-0.3, -0.25) is 0 Å². The zero-order valence-corrected chi connectivity index (χ0v) is 10.1. The van der Waals surface area contributed by atoms with E-state index in [1.165, 1.54) is 6.07 Å². The average Bonchev–Trinajstić information content (AvgIpc) is 2.14. The summed E-state index contributed by atoms with van der Waals surface area (Å²) in [5.74, 6) is -1.79. The molecule has 0 fully saturated rings. The van der Waals surface area contributed by atoms with Crippen molar-refractivity contribution in [1.29, 1.82) is 0 Å². The zero-order valence-electron chi connectivity index (χ0n) is 7.71. The lowest BCUT2D eigenvalue weighted by Crippen LogP contribution is -2.10. The maximum atomic E-state index is 12.1. The first-order valence-electron chi connectivity index (χ1n) is 4.02. The first-order chi connectivity index (χ1) is 7.45. The highest BCUT2D eigenvalue weighted by Gasteiger charge is 2.20. The van der Waals surface area contributed by atoms with Gasteiger partial charge in [0.2, 0.25) is 0 Å². The van der Waals surface area contributed by atoms with Crippen molar-refractivity contribution in [2.75, 3.05) is 0 Å². The number of halogens is 4. The summed E-state index contributed by atoms with van der Waals surface area (Å²) in [6, 6.07) is 2.42. The van der Waals surface area contributed by atoms with E-state index in [1.54, 1.807) is 0 Å². The van der Waals surface area contributed by atoms with E-state index in [4.69, 9.17) is 16.7 Å². The third kappa shape index (κ3) is 3.05. The molecule has 88 valence electrons. The molecule has 0 spiro atoms. The van der Waals surface area contributed by atoms with Crippen molar-refractivity contribution < 1.29 is 23.4 Å². The van der Waals surface area contributed by atoms with Crippen molar-refractivity contribution >= 4 is 33.5 Å². The second kappa shape index (κ2) is 5.45. The maximum absolute atomic E-state index is 12.1. The molecule has 1 rings (SSSR count). The summed E-state index contributed by atoms with van der Waals surface area (Å²) in [5, 5.41) is 9.20. The van der Waals surface area contributed by atoms with Gasteiger partial charge in [-0.05, 0) is 17.7 Å². The first-order valence-corrected chi connectivity index (χ1v) is 5.52. The van der Waals surface area contributed by atoms with Crippen LogP contribution < -0.4 is 4.74 Å². The van der Waals surface area contributed by atoms with Crippen LogP contribution in [0.25, 0.3) is 0 Å². The van der Waals surface area contributed by atoms with Crippen molar-refractivity contribution in [3.63, 3.8) is 0 Å². The minimum atomic E-state index is -3.10. The summed E-state index contributed by atoms with van der Waals surface area (Å²) in [5.41, 5.74) is -0.0442. The number of aromatic carboxylic acids is 1. The molecule has 0 atom stereocenters. The molecular formula is C9H6BrClF2O3. The van der Waals surface area contributed by atoms with E-state index in [1.807, 2.05) is 0 Å². The van der Waals surface area contributed by atoms with Crippen LogP contribution in [0.4, 0.5) is 8.78 Å². The van der Waals surface area contributed by atoms with E-state index in [0.29, 0.717) is 0 Å². The Balaban J connectivity index is 3.32. The molecule has 1 aromatic rings. The lowest BCUT2D eigenvalue weighted by molar-refractivity contribution is -0.0503. The van der Waals surface area contributed by atoms with Crippen LogP contribution in [0.1, 0.15) is 15.9 Å². The second-order valence-corrected chi connectivity index (χ2v) is 3.75. The molecule has 0 saturated carbocycles. The monoisotopic (exact) mass is 314 g/mol. The lowest BCUT2D eigenvalue weighted by Gasteiger charge is -2.11. The van der Waals surface area contributed by atoms with Gasteiger partial charge in [-0.25, -0.2) is 4.79 Å². The van der Waals surface area contributed by atoms with Crippen LogP contribution in [0.5, 0.6) is 5.75 Å². The van der Waals surface area contributed by atoms with E-state index < -0.39 is 18.3 Å². The summed E-state index contributed by atoms with van der Waals surface area (Å²) in [7, 11) is 0. The Bertz CT molecular complexity index is 412. The predicted octanol–water partition coefficient (Wildman–Crippen LogP) is 3.53. The molecule has 0 heterocycles. The van der Waals surface area contributed by atoms with Gasteiger partial charge in [-0.15, -0.1) is 0 Å². The summed E-state index contributed by atoms with van der Waals surface area (Å²) >= 11 is 8.70. The molecule has 0 bridgehead atoms. The molecule has 0 amide bonds. The predicted molar refractivity (Wildman–Crippen MR) is 57.7 cm³/mol. The Morgan fingerprint density at radius 3 is 2.62 bits per heavy atom. The van der Waals surface area contributed by atoms with Crippen molar-refractivity contribution in [2.45, 2.75) is 11.9 Å². The zero-order chi connectivity index (χ0) is 12.3. The van der Waals surface area contributed by atoms with Crippen LogP contribution in [0.3, 0.4) is 0 Å². The van der Waals surface area contributed by atoms with Crippen molar-refractivity contribution in [3.8, 4) is 5.75 Å². The van der Waals surface area contributed by atoms with Gasteiger partial charge < -0.3 is 9.84 Å². The highest BCUT2D eigenvalue weighted by molar-refractivity contribution is 9.08. The second-order valence-electron chi connectivity index (χ2n) is 2.76. The standard InChI is InChI=1S/C9H6BrClF2O3/c10-3-4-1-5(11)2-6(16-9(12)13)7(4)8(14)15/h1-2,9H,3H2,(H,14,15). The molecule has 0 aliphatic carbocycles. The molecular weight excluding hydrogens is 309 g/mol. The molecule has 0 aromatic heterocycles. The van der Waals surface area contributed by atoms with Crippen LogP contribution in [-0.2, 0) is 5.33 Å². The molecule has 0 aliphatic rings. The van der Waals surface area contributed by atoms with Crippen LogP contribution in [0.15, 0.2) is 12.1 Å². The van der Waals surface area contributed by atoms with E-state index in [9.17, 15) is 13.6 Å². The molecule has 0 saturated heterocycles. The Labute approximate surface area is 103 Å². The maximum Gasteiger partial charge on any atom is 0.387 e. The Hall–Kier alpha value is -0.880. The summed E-state index contributed by atoms with van der Waals surface area (Å²) in [6.45, 7) is -3.10. The topological polar surface area (TPSA) is 46.5 Å². The fourth-order valence-electron chi connectivity index (χ4n) is 1.17. The van der Waals surface area contributed by atoms with Crippen molar-refractivity contribution in [2.24, 2.45) is 0 Å². The van der Waals surface area contributed by atoms with E-state index in [-0.39, 0.29) is 21.5 Å². The molecule has 0 unspecified atom stereocenters. The lowest BCUT2D eigenvalue weighted by atomic mass is 10.1. The van der Waals surface area contributed by atoms with Crippen molar-refractivity contribution in [1.82, 2.24) is 0 Å². The quantitative estimate of drug-likeness (QED) is 0.865. The number of carboxylic acids is 1. The first kappa shape index (κ1) is 13.2. The van der Waals surface area contributed by atoms with Gasteiger partial charge in [0.15, 0.2) is 0 Å². The third-order valence-corrected chi connectivity index (χ3v) is 2.54. The van der Waals surface area contributed by atoms with Crippen LogP contribution >= 0.6 is 27.5 Å². The number of alkyl halides is 3. The van der Waals surface area contributed by atoms with Crippen LogP contribution in [-0.4, -0.2) is 17.7 Å². The van der Waals surface area contributed by atoms with Crippen LogP contribution in [0, 0.1) is 0 Å². The number of hydrogen-bond acceptors (Lipinski definition) is 2. The van der Waals surface area contributed by atoms with Gasteiger partial charge in [0.25, 0.3) is 0 Å². The summed E-state index contributed by atoms with van der Waals surface area (Å²) in [6.07, 6.45) is 0. The molecule has 1 N–H and O–H groups in total. The summed E-state index contributed by atoms with van der Waals surface area (Å²) < 4.78 is 28.2. The largest absolute Gasteiger partial charge is 0.478 e. The number of benzene rings is 1. The highest BCUT2D eigenvalue weighted by Crippen LogP contribution is 2.30. The van der Waals surface area contributed by atoms with Gasteiger partial charge in [0, 0.05) is 10.4 Å². The molecule has 7 heteroatoms. The van der Waals surface area contributed by atoms with E-state index >= 15 is 0 Å². The Morgan fingerprint density at radius 1 is 1.56 bits per heavy atom. The number of carbonyl (C=O) groups is 1. The number of carboxylic acid groups (broad SMARTS) is 1. The minimum Gasteiger partial charge on any atom is -0.478 e. The van der Waals surface area contributed by atoms with Gasteiger partial charge in [0.1, 0.15) is 11.3 Å². The molecule has 3 nitrogen and oxygen atoms in total. The van der Waals surface area contributed by atoms with Crippen LogP contribution in [0.2, 0.25) is 5.02 Å². The molecule has 16 heavy (non-hydrogen) atoms. The fourth-order valence-corrected chi connectivity index (χ4v) is 1.85. The molecule has 1 aromatic carbocycles. The molecule has 0 aliphatic heterocycles. The average molecular weight is 315 g/mol. The van der Waals surface area contributed by atoms with Gasteiger partial charge in [0.05, 0.1) is 0 Å². The Kier molecular flexibility index (Phi) is 4.49. The normalized spacial score (nSPS) is 10.6. The van der Waals surface area contributed by atoms with Gasteiger partial charge >= 0.3 is 12.6 Å². The van der Waals surface area contributed by atoms with E-state index in [2.05, 4.69) is 20.7 Å². The number of rotatable bonds is 4. The third-order valence-electron chi connectivity index (χ3n) is 1.72. The summed E-state index contributed by atoms with van der Waals surface area (Å²) in [4.78, 5) is 10.9. The fraction of sp³-hybridized carbons (Fsp3) is 0.222. The Morgan fingerprint density at radius 2 is 2.19 bits per heavy atom. The van der Waals surface area contributed by atoms with Crippen molar-refractivity contribution in [3.05, 3.63) is 28.3 Å². The molecule has 0 radical (unpaired) electrons. The highest BCUT2D eigenvalue weighted by atomic mass is 79.9. The van der Waals surface area contributed by atoms with Gasteiger partial charge in [-0.1, -0.05) is 27.5 Å².